The summed E-state index contributed by atoms with van der Waals surface area (Å²) in [5.74, 6) is -1.61. The van der Waals surface area contributed by atoms with E-state index in [1.165, 1.54) is 11.1 Å². The summed E-state index contributed by atoms with van der Waals surface area (Å²) in [7, 11) is 0. The Morgan fingerprint density at radius 3 is 2.40 bits per heavy atom. The third-order valence-corrected chi connectivity index (χ3v) is 7.43. The zero-order chi connectivity index (χ0) is 29.6. The predicted octanol–water partition coefficient (Wildman–Crippen LogP) is 3.92. The first-order valence-corrected chi connectivity index (χ1v) is 14.1. The minimum Gasteiger partial charge on any atom is -0.478 e. The number of carboxylic acids is 1. The SMILES string of the molecule is CCN(OCCN1CCNCC1)C(=O)c1ccc(N/C(=C2\C(=O)Nc3cc(C(=O)O)c(C)cc32)c2ccccc2)cc1. The van der Waals surface area contributed by atoms with Crippen molar-refractivity contribution in [1.82, 2.24) is 15.3 Å². The molecule has 1 saturated heterocycles. The highest BCUT2D eigenvalue weighted by Gasteiger charge is 2.30. The third-order valence-electron chi connectivity index (χ3n) is 7.43. The van der Waals surface area contributed by atoms with E-state index in [0.717, 1.165) is 38.3 Å². The molecule has 0 unspecified atom stereocenters. The van der Waals surface area contributed by atoms with Gasteiger partial charge in [0.25, 0.3) is 11.8 Å². The van der Waals surface area contributed by atoms with Gasteiger partial charge in [-0.3, -0.25) is 19.3 Å². The molecule has 0 aromatic heterocycles. The summed E-state index contributed by atoms with van der Waals surface area (Å²) in [5.41, 5.74) is 4.69. The Morgan fingerprint density at radius 2 is 1.74 bits per heavy atom. The number of carbonyl (C=O) groups excluding carboxylic acids is 2. The van der Waals surface area contributed by atoms with Crippen LogP contribution in [0.15, 0.2) is 66.7 Å². The number of benzene rings is 3. The molecule has 5 rings (SSSR count). The van der Waals surface area contributed by atoms with Gasteiger partial charge in [0.2, 0.25) is 0 Å². The first-order valence-electron chi connectivity index (χ1n) is 14.1. The standard InChI is InChI=1S/C32H35N5O5/c1-3-37(42-18-17-36-15-13-33-14-16-36)31(39)23-9-11-24(12-10-23)34-29(22-7-5-4-6-8-22)28-26-19-21(2)25(32(40)41)20-27(26)35-30(28)38/h4-12,19-20,33-34H,3,13-18H2,1-2H3,(H,35,38)(H,40,41)/b29-28-. The smallest absolute Gasteiger partial charge is 0.336 e. The number of rotatable bonds is 10. The normalized spacial score (nSPS) is 16.0. The van der Waals surface area contributed by atoms with E-state index in [1.807, 2.05) is 37.3 Å². The van der Waals surface area contributed by atoms with Gasteiger partial charge >= 0.3 is 5.97 Å². The van der Waals surface area contributed by atoms with E-state index in [-0.39, 0.29) is 17.4 Å². The second-order valence-electron chi connectivity index (χ2n) is 10.2. The summed E-state index contributed by atoms with van der Waals surface area (Å²) in [4.78, 5) is 46.2. The van der Waals surface area contributed by atoms with Gasteiger partial charge in [-0.25, -0.2) is 9.86 Å². The molecule has 0 radical (unpaired) electrons. The third kappa shape index (κ3) is 6.36. The lowest BCUT2D eigenvalue weighted by Crippen LogP contribution is -2.45. The Hall–Kier alpha value is -4.51. The molecule has 10 nitrogen and oxygen atoms in total. The summed E-state index contributed by atoms with van der Waals surface area (Å²) >= 11 is 0. The number of hydrogen-bond acceptors (Lipinski definition) is 7. The van der Waals surface area contributed by atoms with Crippen molar-refractivity contribution in [3.63, 3.8) is 0 Å². The van der Waals surface area contributed by atoms with E-state index in [1.54, 1.807) is 37.3 Å². The lowest BCUT2D eigenvalue weighted by Gasteiger charge is -2.28. The number of hydrogen-bond donors (Lipinski definition) is 4. The molecule has 4 N–H and O–H groups in total. The molecule has 0 bridgehead atoms. The van der Waals surface area contributed by atoms with Gasteiger partial charge in [0.1, 0.15) is 0 Å². The molecule has 10 heteroatoms. The van der Waals surface area contributed by atoms with E-state index in [0.29, 0.717) is 52.5 Å². The quantitative estimate of drug-likeness (QED) is 0.214. The first kappa shape index (κ1) is 29.0. The Bertz CT molecular complexity index is 1500. The monoisotopic (exact) mass is 569 g/mol. The highest BCUT2D eigenvalue weighted by molar-refractivity contribution is 6.37. The zero-order valence-electron chi connectivity index (χ0n) is 23.8. The maximum Gasteiger partial charge on any atom is 0.336 e. The Morgan fingerprint density at radius 1 is 1.02 bits per heavy atom. The molecular formula is C32H35N5O5. The second kappa shape index (κ2) is 13.0. The lowest BCUT2D eigenvalue weighted by molar-refractivity contribution is -0.124. The molecule has 0 spiro atoms. The van der Waals surface area contributed by atoms with E-state index < -0.39 is 5.97 Å². The van der Waals surface area contributed by atoms with Crippen molar-refractivity contribution in [2.24, 2.45) is 0 Å². The number of aromatic carboxylic acids is 1. The molecule has 2 aliphatic heterocycles. The van der Waals surface area contributed by atoms with Gasteiger partial charge in [-0.2, -0.15) is 0 Å². The second-order valence-corrected chi connectivity index (χ2v) is 10.2. The number of fused-ring (bicyclic) bond motifs is 1. The van der Waals surface area contributed by atoms with Crippen molar-refractivity contribution in [2.45, 2.75) is 13.8 Å². The summed E-state index contributed by atoms with van der Waals surface area (Å²) in [6.07, 6.45) is 0. The average Bonchev–Trinajstić information content (AvgIpc) is 3.32. The molecule has 42 heavy (non-hydrogen) atoms. The fourth-order valence-electron chi connectivity index (χ4n) is 5.18. The molecule has 218 valence electrons. The van der Waals surface area contributed by atoms with Crippen LogP contribution in [0.3, 0.4) is 0 Å². The molecular weight excluding hydrogens is 534 g/mol. The van der Waals surface area contributed by atoms with Gasteiger partial charge in [0, 0.05) is 56.1 Å². The highest BCUT2D eigenvalue weighted by atomic mass is 16.7. The van der Waals surface area contributed by atoms with Crippen LogP contribution in [0.2, 0.25) is 0 Å². The number of nitrogens with zero attached hydrogens (tertiary/aromatic N) is 2. The highest BCUT2D eigenvalue weighted by Crippen LogP contribution is 2.39. The maximum atomic E-state index is 13.2. The van der Waals surface area contributed by atoms with Gasteiger partial charge in [-0.15, -0.1) is 0 Å². The first-order chi connectivity index (χ1) is 20.4. The number of anilines is 2. The Balaban J connectivity index is 1.37. The van der Waals surface area contributed by atoms with Gasteiger partial charge in [-0.1, -0.05) is 30.3 Å². The van der Waals surface area contributed by atoms with E-state index in [2.05, 4.69) is 20.9 Å². The number of carboxylic acid groups (broad SMARTS) is 1. The van der Waals surface area contributed by atoms with Crippen LogP contribution in [0.4, 0.5) is 11.4 Å². The predicted molar refractivity (Wildman–Crippen MR) is 162 cm³/mol. The Kier molecular flexibility index (Phi) is 8.97. The van der Waals surface area contributed by atoms with Crippen LogP contribution in [0, 0.1) is 6.92 Å². The zero-order valence-corrected chi connectivity index (χ0v) is 23.8. The molecule has 0 saturated carbocycles. The fraction of sp³-hybridized carbons (Fsp3) is 0.281. The summed E-state index contributed by atoms with van der Waals surface area (Å²) in [5, 5.41) is 20.5. The minimum absolute atomic E-state index is 0.138. The Labute approximate surface area is 244 Å². The van der Waals surface area contributed by atoms with Crippen LogP contribution in [-0.4, -0.2) is 78.7 Å². The maximum absolute atomic E-state index is 13.2. The molecule has 3 aromatic carbocycles. The summed E-state index contributed by atoms with van der Waals surface area (Å²) in [6, 6.07) is 19.7. The summed E-state index contributed by atoms with van der Waals surface area (Å²) in [6.45, 7) is 9.06. The van der Waals surface area contributed by atoms with Gasteiger partial charge in [0.05, 0.1) is 29.1 Å². The van der Waals surface area contributed by atoms with Crippen molar-refractivity contribution in [2.75, 3.05) is 56.5 Å². The van der Waals surface area contributed by atoms with Crippen molar-refractivity contribution < 1.29 is 24.3 Å². The number of aryl methyl sites for hydroxylation is 1. The van der Waals surface area contributed by atoms with Crippen LogP contribution in [0.1, 0.15) is 44.3 Å². The molecule has 2 heterocycles. The fourth-order valence-corrected chi connectivity index (χ4v) is 5.18. The topological polar surface area (TPSA) is 123 Å². The van der Waals surface area contributed by atoms with E-state index >= 15 is 0 Å². The van der Waals surface area contributed by atoms with Crippen molar-refractivity contribution in [1.29, 1.82) is 0 Å². The van der Waals surface area contributed by atoms with Crippen LogP contribution in [-0.2, 0) is 9.63 Å². The number of nitrogens with one attached hydrogen (secondary N) is 3. The lowest BCUT2D eigenvalue weighted by atomic mass is 9.96. The molecule has 0 atom stereocenters. The van der Waals surface area contributed by atoms with Crippen LogP contribution < -0.4 is 16.0 Å². The van der Waals surface area contributed by atoms with Crippen molar-refractivity contribution in [3.8, 4) is 0 Å². The molecule has 2 aliphatic rings. The number of hydroxylamine groups is 2. The van der Waals surface area contributed by atoms with Gasteiger partial charge in [0.15, 0.2) is 0 Å². The van der Waals surface area contributed by atoms with Gasteiger partial charge < -0.3 is 21.1 Å². The average molecular weight is 570 g/mol. The van der Waals surface area contributed by atoms with Crippen molar-refractivity contribution in [3.05, 3.63) is 94.5 Å². The molecule has 0 aliphatic carbocycles. The largest absolute Gasteiger partial charge is 0.478 e. The molecule has 2 amide bonds. The van der Waals surface area contributed by atoms with E-state index in [4.69, 9.17) is 4.84 Å². The number of piperazine rings is 1. The van der Waals surface area contributed by atoms with Crippen LogP contribution in [0.5, 0.6) is 0 Å². The van der Waals surface area contributed by atoms with Crippen molar-refractivity contribution >= 4 is 40.4 Å². The molecule has 3 aromatic rings. The number of carbonyl (C=O) groups is 3. The minimum atomic E-state index is -1.05. The number of amides is 2. The molecule has 1 fully saturated rings. The van der Waals surface area contributed by atoms with Crippen LogP contribution >= 0.6 is 0 Å². The summed E-state index contributed by atoms with van der Waals surface area (Å²) < 4.78 is 0. The van der Waals surface area contributed by atoms with Crippen LogP contribution in [0.25, 0.3) is 11.3 Å². The van der Waals surface area contributed by atoms with E-state index in [9.17, 15) is 19.5 Å². The van der Waals surface area contributed by atoms with Gasteiger partial charge in [-0.05, 0) is 61.4 Å².